The van der Waals surface area contributed by atoms with Crippen LogP contribution in [-0.2, 0) is 14.6 Å². The molecule has 0 saturated carbocycles. The molecule has 2 atom stereocenters. The first kappa shape index (κ1) is 20.5. The van der Waals surface area contributed by atoms with Crippen LogP contribution in [0.4, 0.5) is 5.69 Å². The second kappa shape index (κ2) is 8.18. The molecule has 1 amide bonds. The van der Waals surface area contributed by atoms with Crippen molar-refractivity contribution in [3.63, 3.8) is 0 Å². The largest absolute Gasteiger partial charge is 0.484 e. The number of hydrogen-bond acceptors (Lipinski definition) is 5. The first-order chi connectivity index (χ1) is 13.8. The van der Waals surface area contributed by atoms with Gasteiger partial charge in [-0.1, -0.05) is 53.2 Å². The van der Waals surface area contributed by atoms with Crippen molar-refractivity contribution in [2.24, 2.45) is 4.99 Å². The predicted molar refractivity (Wildman–Crippen MR) is 117 cm³/mol. The zero-order chi connectivity index (χ0) is 20.6. The maximum absolute atomic E-state index is 12.4. The van der Waals surface area contributed by atoms with Crippen molar-refractivity contribution in [1.82, 2.24) is 0 Å². The van der Waals surface area contributed by atoms with Crippen LogP contribution in [0.1, 0.15) is 0 Å². The Bertz CT molecular complexity index is 1080. The molecule has 2 aliphatic rings. The summed E-state index contributed by atoms with van der Waals surface area (Å²) in [5.41, 5.74) is 0.534. The molecule has 152 valence electrons. The minimum Gasteiger partial charge on any atom is -0.484 e. The number of sulfone groups is 1. The lowest BCUT2D eigenvalue weighted by molar-refractivity contribution is -0.119. The highest BCUT2D eigenvalue weighted by molar-refractivity contribution is 8.16. The van der Waals surface area contributed by atoms with Gasteiger partial charge < -0.3 is 9.64 Å². The van der Waals surface area contributed by atoms with Gasteiger partial charge in [0.1, 0.15) is 5.75 Å². The van der Waals surface area contributed by atoms with Crippen molar-refractivity contribution >= 4 is 61.6 Å². The Labute approximate surface area is 182 Å². The maximum Gasteiger partial charge on any atom is 0.285 e. The first-order valence-electron chi connectivity index (χ1n) is 8.73. The number of carbonyl (C=O) groups excluding carboxylic acids is 1. The smallest absolute Gasteiger partial charge is 0.285 e. The van der Waals surface area contributed by atoms with E-state index in [-0.39, 0.29) is 29.4 Å². The summed E-state index contributed by atoms with van der Waals surface area (Å²) in [6, 6.07) is 13.5. The Hall–Kier alpha value is -1.74. The second-order valence-corrected chi connectivity index (χ2v) is 10.9. The van der Waals surface area contributed by atoms with E-state index in [1.165, 1.54) is 11.8 Å². The molecular formula is C19H16Cl2N2O4S2. The average Bonchev–Trinajstić information content (AvgIpc) is 3.14. The number of halogens is 2. The Morgan fingerprint density at radius 3 is 2.69 bits per heavy atom. The van der Waals surface area contributed by atoms with Crippen molar-refractivity contribution in [3.8, 4) is 5.75 Å². The van der Waals surface area contributed by atoms with E-state index in [1.807, 2.05) is 18.2 Å². The number of amidine groups is 1. The van der Waals surface area contributed by atoms with E-state index in [2.05, 4.69) is 4.99 Å². The highest BCUT2D eigenvalue weighted by Gasteiger charge is 2.49. The molecule has 2 aromatic carbocycles. The van der Waals surface area contributed by atoms with Crippen molar-refractivity contribution in [2.45, 2.75) is 11.3 Å². The lowest BCUT2D eigenvalue weighted by Crippen LogP contribution is -2.38. The van der Waals surface area contributed by atoms with Gasteiger partial charge in [-0.25, -0.2) is 8.42 Å². The summed E-state index contributed by atoms with van der Waals surface area (Å²) in [6.07, 6.45) is 0. The van der Waals surface area contributed by atoms with Crippen LogP contribution in [0.2, 0.25) is 10.0 Å². The lowest BCUT2D eigenvalue weighted by atomic mass is 10.2. The normalized spacial score (nSPS) is 23.9. The quantitative estimate of drug-likeness (QED) is 0.678. The SMILES string of the molecule is O=C(COc1ccccc1)N=C1S[C@H]2CS(=O)(=O)C[C@@H]2N1c1cc(Cl)ccc1Cl. The molecule has 0 radical (unpaired) electrons. The molecular weight excluding hydrogens is 455 g/mol. The molecule has 0 bridgehead atoms. The molecule has 2 saturated heterocycles. The first-order valence-corrected chi connectivity index (χ1v) is 12.2. The number of benzene rings is 2. The van der Waals surface area contributed by atoms with Gasteiger partial charge >= 0.3 is 0 Å². The van der Waals surface area contributed by atoms with E-state index in [9.17, 15) is 13.2 Å². The number of anilines is 1. The molecule has 4 rings (SSSR count). The van der Waals surface area contributed by atoms with Crippen LogP contribution in [0, 0.1) is 0 Å². The Morgan fingerprint density at radius 1 is 1.17 bits per heavy atom. The van der Waals surface area contributed by atoms with Gasteiger partial charge in [0.2, 0.25) is 0 Å². The highest BCUT2D eigenvalue weighted by Crippen LogP contribution is 2.43. The molecule has 0 aromatic heterocycles. The number of ether oxygens (including phenoxy) is 1. The molecule has 10 heteroatoms. The highest BCUT2D eigenvalue weighted by atomic mass is 35.5. The summed E-state index contributed by atoms with van der Waals surface area (Å²) >= 11 is 13.8. The third-order valence-corrected chi connectivity index (χ3v) is 8.32. The molecule has 2 aliphatic heterocycles. The van der Waals surface area contributed by atoms with Crippen molar-refractivity contribution in [2.75, 3.05) is 23.0 Å². The van der Waals surface area contributed by atoms with Crippen molar-refractivity contribution in [3.05, 3.63) is 58.6 Å². The fraction of sp³-hybridized carbons (Fsp3) is 0.263. The van der Waals surface area contributed by atoms with Crippen molar-refractivity contribution in [1.29, 1.82) is 0 Å². The third kappa shape index (κ3) is 4.55. The van der Waals surface area contributed by atoms with E-state index in [0.717, 1.165) is 0 Å². The number of amides is 1. The molecule has 2 aromatic rings. The predicted octanol–water partition coefficient (Wildman–Crippen LogP) is 3.67. The minimum absolute atomic E-state index is 0.0266. The topological polar surface area (TPSA) is 76.0 Å². The number of hydrogen-bond donors (Lipinski definition) is 0. The Morgan fingerprint density at radius 2 is 1.93 bits per heavy atom. The summed E-state index contributed by atoms with van der Waals surface area (Å²) in [5.74, 6) is 0.103. The van der Waals surface area contributed by atoms with Crippen molar-refractivity contribution < 1.29 is 17.9 Å². The van der Waals surface area contributed by atoms with Crippen LogP contribution >= 0.6 is 35.0 Å². The summed E-state index contributed by atoms with van der Waals surface area (Å²) in [6.45, 7) is -0.223. The average molecular weight is 471 g/mol. The number of thioether (sulfide) groups is 1. The van der Waals surface area contributed by atoms with Crippen LogP contribution in [0.25, 0.3) is 0 Å². The van der Waals surface area contributed by atoms with Crippen LogP contribution in [0.15, 0.2) is 53.5 Å². The van der Waals surface area contributed by atoms with E-state index < -0.39 is 15.7 Å². The number of aliphatic imine (C=N–C) groups is 1. The van der Waals surface area contributed by atoms with Gasteiger partial charge in [0.05, 0.1) is 28.3 Å². The van der Waals surface area contributed by atoms with E-state index in [0.29, 0.717) is 26.6 Å². The molecule has 0 unspecified atom stereocenters. The van der Waals surface area contributed by atoms with Gasteiger partial charge in [0.15, 0.2) is 21.6 Å². The fourth-order valence-corrected chi connectivity index (χ4v) is 7.62. The zero-order valence-corrected chi connectivity index (χ0v) is 18.1. The number of rotatable bonds is 4. The third-order valence-electron chi connectivity index (χ3n) is 4.56. The van der Waals surface area contributed by atoms with E-state index in [4.69, 9.17) is 27.9 Å². The summed E-state index contributed by atoms with van der Waals surface area (Å²) in [7, 11) is -3.17. The van der Waals surface area contributed by atoms with E-state index >= 15 is 0 Å². The van der Waals surface area contributed by atoms with Crippen LogP contribution in [0.3, 0.4) is 0 Å². The van der Waals surface area contributed by atoms with Crippen LogP contribution < -0.4 is 9.64 Å². The van der Waals surface area contributed by atoms with Crippen LogP contribution in [0.5, 0.6) is 5.75 Å². The van der Waals surface area contributed by atoms with Gasteiger partial charge in [-0.2, -0.15) is 4.99 Å². The van der Waals surface area contributed by atoms with Gasteiger partial charge in [-0.3, -0.25) is 4.79 Å². The minimum atomic E-state index is -3.17. The number of nitrogens with zero attached hydrogens (tertiary/aromatic N) is 2. The molecule has 29 heavy (non-hydrogen) atoms. The lowest BCUT2D eigenvalue weighted by Gasteiger charge is -2.25. The summed E-state index contributed by atoms with van der Waals surface area (Å²) in [4.78, 5) is 18.3. The molecule has 6 nitrogen and oxygen atoms in total. The number of para-hydroxylation sites is 1. The Balaban J connectivity index is 1.61. The molecule has 2 heterocycles. The van der Waals surface area contributed by atoms with Crippen LogP contribution in [-0.4, -0.2) is 48.9 Å². The van der Waals surface area contributed by atoms with Gasteiger partial charge in [-0.05, 0) is 30.3 Å². The van der Waals surface area contributed by atoms with E-state index in [1.54, 1.807) is 35.2 Å². The summed E-state index contributed by atoms with van der Waals surface area (Å²) < 4.78 is 29.7. The maximum atomic E-state index is 12.4. The number of fused-ring (bicyclic) bond motifs is 1. The monoisotopic (exact) mass is 470 g/mol. The molecule has 2 fully saturated rings. The van der Waals surface area contributed by atoms with Gasteiger partial charge in [0, 0.05) is 10.3 Å². The summed E-state index contributed by atoms with van der Waals surface area (Å²) in [5, 5.41) is 1.04. The second-order valence-electron chi connectivity index (χ2n) is 6.66. The molecule has 0 spiro atoms. The Kier molecular flexibility index (Phi) is 5.79. The zero-order valence-electron chi connectivity index (χ0n) is 15.0. The van der Waals surface area contributed by atoms with Gasteiger partial charge in [-0.15, -0.1) is 0 Å². The number of carbonyl (C=O) groups is 1. The molecule has 0 N–H and O–H groups in total. The standard InChI is InChI=1S/C19H16Cl2N2O4S2/c20-12-6-7-14(21)15(8-12)23-16-10-29(25,26)11-17(16)28-19(23)22-18(24)9-27-13-4-2-1-3-5-13/h1-8,16-17H,9-11H2/t16-,17-/m0/s1. The van der Waals surface area contributed by atoms with Gasteiger partial charge in [0.25, 0.3) is 5.91 Å². The molecule has 0 aliphatic carbocycles. The fourth-order valence-electron chi connectivity index (χ4n) is 3.32.